The maximum atomic E-state index is 15.1. The van der Waals surface area contributed by atoms with Gasteiger partial charge < -0.3 is 9.84 Å². The van der Waals surface area contributed by atoms with E-state index in [2.05, 4.69) is 15.9 Å². The number of hydrogen-bond acceptors (Lipinski definition) is 6. The molecule has 6 rings (SSSR count). The lowest BCUT2D eigenvalue weighted by atomic mass is 9.56. The number of halogens is 8. The van der Waals surface area contributed by atoms with Crippen LogP contribution >= 0.6 is 39.1 Å². The minimum absolute atomic E-state index is 0.0179. The molecule has 2 aromatic carbocycles. The average Bonchev–Trinajstić information content (AvgIpc) is 3.30. The van der Waals surface area contributed by atoms with Gasteiger partial charge in [0.15, 0.2) is 44.5 Å². The Kier molecular flexibility index (Phi) is 6.91. The van der Waals surface area contributed by atoms with E-state index >= 15 is 8.78 Å². The molecular weight excluding hydrogens is 706 g/mol. The molecule has 0 spiro atoms. The molecule has 16 heteroatoms. The Labute approximate surface area is 263 Å². The zero-order valence-corrected chi connectivity index (χ0v) is 25.5. The Morgan fingerprint density at radius 2 is 1.52 bits per heavy atom. The van der Waals surface area contributed by atoms with Crippen molar-refractivity contribution in [1.29, 1.82) is 0 Å². The lowest BCUT2D eigenvalue weighted by Gasteiger charge is -2.50. The van der Waals surface area contributed by atoms with Crippen LogP contribution in [0.15, 0.2) is 28.3 Å². The van der Waals surface area contributed by atoms with Gasteiger partial charge in [0.2, 0.25) is 17.6 Å². The number of carbonyl (C=O) groups excluding carboxylic acids is 4. The zero-order chi connectivity index (χ0) is 32.4. The third-order valence-corrected chi connectivity index (χ3v) is 11.1. The van der Waals surface area contributed by atoms with Crippen LogP contribution in [0.1, 0.15) is 24.3 Å². The van der Waals surface area contributed by atoms with Crippen molar-refractivity contribution < 1.29 is 51.0 Å². The molecule has 44 heavy (non-hydrogen) atoms. The highest BCUT2D eigenvalue weighted by molar-refractivity contribution is 9.10. The second-order valence-corrected chi connectivity index (χ2v) is 13.1. The predicted octanol–water partition coefficient (Wildman–Crippen LogP) is 5.05. The Balaban J connectivity index is 1.64. The van der Waals surface area contributed by atoms with Crippen molar-refractivity contribution in [3.05, 3.63) is 62.9 Å². The fourth-order valence-corrected chi connectivity index (χ4v) is 8.41. The molecule has 2 aromatic rings. The van der Waals surface area contributed by atoms with Gasteiger partial charge in [0.1, 0.15) is 5.69 Å². The van der Waals surface area contributed by atoms with Gasteiger partial charge in [-0.15, -0.1) is 23.2 Å². The number of amides is 4. The molecule has 0 unspecified atom stereocenters. The van der Waals surface area contributed by atoms with E-state index in [0.29, 0.717) is 0 Å². The first-order valence-corrected chi connectivity index (χ1v) is 14.4. The Morgan fingerprint density at radius 1 is 0.932 bits per heavy atom. The highest BCUT2D eigenvalue weighted by atomic mass is 79.9. The van der Waals surface area contributed by atoms with Crippen molar-refractivity contribution in [1.82, 2.24) is 4.90 Å². The van der Waals surface area contributed by atoms with E-state index in [4.69, 9.17) is 27.9 Å². The van der Waals surface area contributed by atoms with E-state index < -0.39 is 98.2 Å². The number of aromatic hydroxyl groups is 1. The number of methoxy groups -OCH3 is 1. The minimum atomic E-state index is -2.68. The Morgan fingerprint density at radius 3 is 2.11 bits per heavy atom. The number of phenols is 1. The largest absolute Gasteiger partial charge is 0.503 e. The summed E-state index contributed by atoms with van der Waals surface area (Å²) in [5.41, 5.74) is -1.52. The third-order valence-electron chi connectivity index (χ3n) is 9.05. The summed E-state index contributed by atoms with van der Waals surface area (Å²) in [7, 11) is 2.50. The van der Waals surface area contributed by atoms with Gasteiger partial charge in [-0.1, -0.05) is 11.6 Å². The van der Waals surface area contributed by atoms with Crippen molar-refractivity contribution in [3.63, 3.8) is 0 Å². The van der Waals surface area contributed by atoms with Crippen LogP contribution in [0.5, 0.6) is 11.5 Å². The lowest BCUT2D eigenvalue weighted by Crippen LogP contribution is -2.60. The zero-order valence-electron chi connectivity index (χ0n) is 22.4. The van der Waals surface area contributed by atoms with Crippen LogP contribution < -0.4 is 9.64 Å². The summed E-state index contributed by atoms with van der Waals surface area (Å²) in [4.78, 5) is 49.8. The Hall–Kier alpha value is -3.23. The molecule has 0 radical (unpaired) electrons. The minimum Gasteiger partial charge on any atom is -0.503 e. The van der Waals surface area contributed by atoms with Gasteiger partial charge in [0.25, 0.3) is 11.8 Å². The summed E-state index contributed by atoms with van der Waals surface area (Å²) in [5.74, 6) is -21.5. The summed E-state index contributed by atoms with van der Waals surface area (Å²) >= 11 is 17.2. The first-order valence-electron chi connectivity index (χ1n) is 12.9. The van der Waals surface area contributed by atoms with Crippen LogP contribution in [0.4, 0.5) is 27.6 Å². The summed E-state index contributed by atoms with van der Waals surface area (Å²) in [6.07, 6.45) is 0.971. The number of alkyl halides is 2. The SMILES string of the molecule is COc1cc([C@H]2C3=CC[C@@H]4C(=O)N(C)C(=O)[C@@H]4[C@@H]3C[C@@]3(Cl)C(=O)N(c4c(F)c(F)c(F)c(F)c4F)C(=O)[C@@]23Cl)cc(Br)c1O. The van der Waals surface area contributed by atoms with Crippen LogP contribution in [0.3, 0.4) is 0 Å². The topological polar surface area (TPSA) is 104 Å². The Bertz CT molecular complexity index is 1750. The molecule has 4 aliphatic rings. The van der Waals surface area contributed by atoms with E-state index in [0.717, 1.165) is 4.90 Å². The number of phenolic OH excluding ortho intramolecular Hbond substituents is 1. The first-order chi connectivity index (χ1) is 20.5. The highest BCUT2D eigenvalue weighted by Gasteiger charge is 2.77. The predicted molar refractivity (Wildman–Crippen MR) is 147 cm³/mol. The van der Waals surface area contributed by atoms with E-state index in [1.807, 2.05) is 0 Å². The average molecular weight is 724 g/mol. The number of allylic oxidation sites excluding steroid dienone is 2. The number of nitrogens with zero attached hydrogens (tertiary/aromatic N) is 2. The molecule has 6 atom stereocenters. The van der Waals surface area contributed by atoms with Crippen molar-refractivity contribution in [2.75, 3.05) is 19.1 Å². The fraction of sp³-hybridized carbons (Fsp3) is 0.357. The number of hydrogen-bond donors (Lipinski definition) is 1. The number of anilines is 1. The number of likely N-dealkylation sites (tertiary alicyclic amines) is 1. The van der Waals surface area contributed by atoms with E-state index in [1.54, 1.807) is 6.08 Å². The molecule has 2 heterocycles. The smallest absolute Gasteiger partial charge is 0.258 e. The summed E-state index contributed by atoms with van der Waals surface area (Å²) in [6, 6.07) is 2.57. The molecule has 4 amide bonds. The van der Waals surface area contributed by atoms with E-state index in [1.165, 1.54) is 26.3 Å². The van der Waals surface area contributed by atoms with Gasteiger partial charge in [-0.05, 0) is 52.4 Å². The molecule has 1 saturated carbocycles. The van der Waals surface area contributed by atoms with Gasteiger partial charge in [-0.2, -0.15) is 0 Å². The molecule has 2 aliphatic heterocycles. The molecule has 0 aromatic heterocycles. The van der Waals surface area contributed by atoms with Crippen molar-refractivity contribution in [2.45, 2.75) is 28.5 Å². The van der Waals surface area contributed by atoms with Crippen molar-refractivity contribution in [2.24, 2.45) is 17.8 Å². The second-order valence-electron chi connectivity index (χ2n) is 11.0. The van der Waals surface area contributed by atoms with Gasteiger partial charge in [0.05, 0.1) is 23.4 Å². The van der Waals surface area contributed by atoms with Gasteiger partial charge in [-0.3, -0.25) is 24.1 Å². The van der Waals surface area contributed by atoms with Crippen LogP contribution in [0, 0.1) is 46.8 Å². The van der Waals surface area contributed by atoms with E-state index in [9.17, 15) is 37.5 Å². The summed E-state index contributed by atoms with van der Waals surface area (Å²) < 4.78 is 77.8. The van der Waals surface area contributed by atoms with E-state index in [-0.39, 0.29) is 38.4 Å². The number of fused-ring (bicyclic) bond motifs is 4. The van der Waals surface area contributed by atoms with Crippen molar-refractivity contribution in [3.8, 4) is 11.5 Å². The molecule has 232 valence electrons. The van der Waals surface area contributed by atoms with Gasteiger partial charge in [0, 0.05) is 13.0 Å². The highest BCUT2D eigenvalue weighted by Crippen LogP contribution is 2.66. The molecule has 8 nitrogen and oxygen atoms in total. The monoisotopic (exact) mass is 722 g/mol. The molecule has 2 saturated heterocycles. The number of rotatable bonds is 3. The molecule has 0 bridgehead atoms. The maximum absolute atomic E-state index is 15.1. The standard InChI is InChI=1S/C28H18BrCl2F5N2O6/c1-37-23(40)10-4-3-9-11(14(10)24(37)41)7-27(30)25(42)38(21-19(35)17(33)16(32)18(34)20(21)36)26(43)28(27,31)15(9)8-5-12(29)22(39)13(6-8)44-2/h3,5-6,10-11,14-15,39H,4,7H2,1-2H3/t10-,11+,14-,15-,27+,28-/m0/s1. The van der Waals surface area contributed by atoms with Gasteiger partial charge in [-0.25, -0.2) is 26.9 Å². The normalized spacial score (nSPS) is 31.3. The van der Waals surface area contributed by atoms with Crippen molar-refractivity contribution >= 4 is 68.4 Å². The van der Waals surface area contributed by atoms with Gasteiger partial charge >= 0.3 is 0 Å². The fourth-order valence-electron chi connectivity index (χ4n) is 7.01. The molecular formula is C28H18BrCl2F5N2O6. The third kappa shape index (κ3) is 3.61. The van der Waals surface area contributed by atoms with Crippen LogP contribution in [-0.2, 0) is 19.2 Å². The summed E-state index contributed by atoms with van der Waals surface area (Å²) in [5, 5.41) is 10.4. The van der Waals surface area contributed by atoms with Crippen LogP contribution in [0.2, 0.25) is 0 Å². The number of carbonyl (C=O) groups is 4. The molecule has 3 fully saturated rings. The van der Waals surface area contributed by atoms with Crippen LogP contribution in [0.25, 0.3) is 0 Å². The number of ether oxygens (including phenoxy) is 1. The first kappa shape index (κ1) is 30.8. The second kappa shape index (κ2) is 9.88. The lowest BCUT2D eigenvalue weighted by molar-refractivity contribution is -0.138. The summed E-state index contributed by atoms with van der Waals surface area (Å²) in [6.45, 7) is 0. The number of imide groups is 2. The molecule has 1 N–H and O–H groups in total. The molecule has 2 aliphatic carbocycles. The number of benzene rings is 2. The van der Waals surface area contributed by atoms with Crippen LogP contribution in [-0.4, -0.2) is 57.5 Å². The quantitative estimate of drug-likeness (QED) is 0.119. The maximum Gasteiger partial charge on any atom is 0.258 e.